The van der Waals surface area contributed by atoms with Gasteiger partial charge in [-0.3, -0.25) is 4.90 Å². The molecule has 0 amide bonds. The second-order valence-electron chi connectivity index (χ2n) is 10.2. The number of hydrogen-bond acceptors (Lipinski definition) is 4. The molecule has 2 aliphatic heterocycles. The van der Waals surface area contributed by atoms with Crippen LogP contribution < -0.4 is 11.1 Å². The molecular weight excluding hydrogens is 560 g/mol. The van der Waals surface area contributed by atoms with Crippen molar-refractivity contribution in [3.8, 4) is 0 Å². The molecule has 3 atom stereocenters. The summed E-state index contributed by atoms with van der Waals surface area (Å²) in [6, 6.07) is 8.97. The predicted octanol–water partition coefficient (Wildman–Crippen LogP) is 5.93. The van der Waals surface area contributed by atoms with E-state index in [4.69, 9.17) is 28.9 Å². The minimum absolute atomic E-state index is 0.126. The normalized spacial score (nSPS) is 23.7. The van der Waals surface area contributed by atoms with Crippen LogP contribution in [0.15, 0.2) is 30.3 Å². The molecule has 12 heteroatoms. The zero-order valence-corrected chi connectivity index (χ0v) is 23.7. The summed E-state index contributed by atoms with van der Waals surface area (Å²) in [6.07, 6.45) is -1.26. The second-order valence-corrected chi connectivity index (χ2v) is 11.1. The number of nitrogens with two attached hydrogens (primary N) is 1. The number of fused-ring (bicyclic) bond motifs is 3. The maximum Gasteiger partial charge on any atom is 0.434 e. The zero-order valence-electron chi connectivity index (χ0n) is 21.4. The van der Waals surface area contributed by atoms with Crippen molar-refractivity contribution in [2.45, 2.75) is 31.1 Å². The van der Waals surface area contributed by atoms with Gasteiger partial charge in [-0.15, -0.1) is 11.6 Å². The molecule has 2 aliphatic rings. The van der Waals surface area contributed by atoms with Crippen molar-refractivity contribution in [3.63, 3.8) is 0 Å². The first-order chi connectivity index (χ1) is 18.0. The number of pyridine rings is 1. The fourth-order valence-corrected chi connectivity index (χ4v) is 6.12. The van der Waals surface area contributed by atoms with Crippen LogP contribution in [0.5, 0.6) is 0 Å². The summed E-state index contributed by atoms with van der Waals surface area (Å²) in [5, 5.41) is 4.52. The van der Waals surface area contributed by atoms with Gasteiger partial charge in [0, 0.05) is 54.1 Å². The highest BCUT2D eigenvalue weighted by atomic mass is 35.5. The van der Waals surface area contributed by atoms with E-state index in [1.807, 2.05) is 18.2 Å². The molecule has 5 rings (SSSR count). The van der Waals surface area contributed by atoms with E-state index in [9.17, 15) is 13.2 Å². The van der Waals surface area contributed by atoms with E-state index < -0.39 is 16.9 Å². The summed E-state index contributed by atoms with van der Waals surface area (Å²) in [5.74, 6) is 0.158. The number of aromatic nitrogens is 2. The Labute approximate surface area is 235 Å². The van der Waals surface area contributed by atoms with Gasteiger partial charge < -0.3 is 20.5 Å². The van der Waals surface area contributed by atoms with Crippen molar-refractivity contribution in [1.82, 2.24) is 14.9 Å². The average molecular weight is 593 g/mol. The van der Waals surface area contributed by atoms with Gasteiger partial charge in [-0.25, -0.2) is 4.98 Å². The third-order valence-corrected chi connectivity index (χ3v) is 8.01. The second kappa shape index (κ2) is 11.8. The highest BCUT2D eigenvalue weighted by Crippen LogP contribution is 2.38. The number of quaternary nitrogens is 1. The fourth-order valence-electron chi connectivity index (χ4n) is 5.74. The largest absolute Gasteiger partial charge is 0.434 e. The molecule has 2 aromatic heterocycles. The molecule has 1 saturated heterocycles. The van der Waals surface area contributed by atoms with Crippen LogP contribution in [0.4, 0.5) is 19.0 Å². The first-order valence-electron chi connectivity index (χ1n) is 12.5. The number of nitrogens with one attached hydrogen (secondary N) is 2. The average Bonchev–Trinajstić information content (AvgIpc) is 3.41. The molecule has 3 unspecified atom stereocenters. The van der Waals surface area contributed by atoms with E-state index in [1.165, 1.54) is 29.8 Å². The van der Waals surface area contributed by atoms with Crippen LogP contribution in [0.1, 0.15) is 29.4 Å². The number of alkyl halides is 4. The van der Waals surface area contributed by atoms with Crippen molar-refractivity contribution >= 4 is 51.5 Å². The number of rotatable bonds is 6. The van der Waals surface area contributed by atoms with Crippen LogP contribution in [-0.2, 0) is 12.6 Å². The number of anilines is 1. The Morgan fingerprint density at radius 2 is 1.97 bits per heavy atom. The van der Waals surface area contributed by atoms with Gasteiger partial charge in [-0.05, 0) is 42.3 Å². The molecule has 0 radical (unpaired) electrons. The predicted molar refractivity (Wildman–Crippen MR) is 149 cm³/mol. The highest BCUT2D eigenvalue weighted by molar-refractivity contribution is 6.31. The van der Waals surface area contributed by atoms with Gasteiger partial charge in [0.15, 0.2) is 5.69 Å². The van der Waals surface area contributed by atoms with E-state index in [2.05, 4.69) is 38.8 Å². The van der Waals surface area contributed by atoms with Crippen LogP contribution >= 0.6 is 34.8 Å². The molecule has 0 saturated carbocycles. The molecule has 3 aromatic rings. The smallest absolute Gasteiger partial charge is 0.369 e. The molecule has 0 bridgehead atoms. The molecule has 4 heterocycles. The number of halogens is 6. The number of likely N-dealkylation sites (tertiary alicyclic amines) is 1. The van der Waals surface area contributed by atoms with Crippen LogP contribution in [0, 0.1) is 0 Å². The van der Waals surface area contributed by atoms with Crippen molar-refractivity contribution in [2.75, 3.05) is 58.0 Å². The zero-order chi connectivity index (χ0) is 27.7. The van der Waals surface area contributed by atoms with Gasteiger partial charge in [0.25, 0.3) is 0 Å². The molecule has 38 heavy (non-hydrogen) atoms. The summed E-state index contributed by atoms with van der Waals surface area (Å²) in [6.45, 7) is 4.80. The molecule has 1 fully saturated rings. The highest BCUT2D eigenvalue weighted by Gasteiger charge is 2.40. The topological polar surface area (TPSA) is 70.0 Å². The maximum absolute atomic E-state index is 13.2. The quantitative estimate of drug-likeness (QED) is 0.245. The number of H-pyrrole nitrogens is 1. The number of aromatic amines is 1. The van der Waals surface area contributed by atoms with Gasteiger partial charge in [-0.2, -0.15) is 13.2 Å². The molecule has 1 aromatic carbocycles. The molecular formula is C26H33Cl3F3N6+. The third kappa shape index (κ3) is 6.35. The van der Waals surface area contributed by atoms with E-state index in [0.29, 0.717) is 18.1 Å². The summed E-state index contributed by atoms with van der Waals surface area (Å²) in [4.78, 5) is 9.75. The molecule has 6 nitrogen and oxygen atoms in total. The van der Waals surface area contributed by atoms with E-state index in [0.717, 1.165) is 54.4 Å². The number of benzene rings is 1. The Balaban J connectivity index is 0.00000164. The summed E-state index contributed by atoms with van der Waals surface area (Å²) in [5.41, 5.74) is 8.75. The molecule has 0 spiro atoms. The lowest BCUT2D eigenvalue weighted by molar-refractivity contribution is -0.900. The molecule has 208 valence electrons. The molecule has 4 N–H and O–H groups in total. The first-order valence-corrected chi connectivity index (χ1v) is 14.0. The maximum atomic E-state index is 13.2. The Kier molecular flexibility index (Phi) is 9.06. The van der Waals surface area contributed by atoms with Crippen LogP contribution in [-0.4, -0.2) is 78.1 Å². The lowest BCUT2D eigenvalue weighted by Crippen LogP contribution is -2.51. The Morgan fingerprint density at radius 1 is 1.21 bits per heavy atom. The summed E-state index contributed by atoms with van der Waals surface area (Å²) >= 11 is 16.6. The van der Waals surface area contributed by atoms with Crippen LogP contribution in [0.2, 0.25) is 10.0 Å². The monoisotopic (exact) mass is 591 g/mol. The minimum Gasteiger partial charge on any atom is -0.369 e. The summed E-state index contributed by atoms with van der Waals surface area (Å²) < 4.78 is 40.5. The van der Waals surface area contributed by atoms with Crippen molar-refractivity contribution < 1.29 is 17.7 Å². The first kappa shape index (κ1) is 29.2. The standard InChI is InChI=1S/C25H30Cl2F3N6.CH3Cl/c1-36(11-7-16(31)13-36)14-21-23-17(18-12-15(26)2-4-20(18)33-23)6-9-35(21)10-8-32-22-5-3-19(27)24(34-22)25(28,29)30;1-2/h2-5,12,16,21,33H,6-11,13-14,31H2,1H3,(H,32,34);1H3/q+1;. The molecule has 0 aliphatic carbocycles. The van der Waals surface area contributed by atoms with Gasteiger partial charge in [0.2, 0.25) is 0 Å². The number of likely N-dealkylation sites (N-methyl/N-ethyl adjacent to an activating group) is 1. The van der Waals surface area contributed by atoms with Crippen LogP contribution in [0.3, 0.4) is 0 Å². The van der Waals surface area contributed by atoms with Gasteiger partial charge in [0.1, 0.15) is 18.4 Å². The number of hydrogen-bond donors (Lipinski definition) is 3. The van der Waals surface area contributed by atoms with E-state index >= 15 is 0 Å². The van der Waals surface area contributed by atoms with E-state index in [1.54, 1.807) is 0 Å². The third-order valence-electron chi connectivity index (χ3n) is 7.47. The van der Waals surface area contributed by atoms with Crippen molar-refractivity contribution in [3.05, 3.63) is 57.3 Å². The minimum atomic E-state index is -4.60. The van der Waals surface area contributed by atoms with Gasteiger partial charge in [0.05, 0.1) is 31.2 Å². The van der Waals surface area contributed by atoms with E-state index in [-0.39, 0.29) is 17.9 Å². The Morgan fingerprint density at radius 3 is 2.66 bits per heavy atom. The van der Waals surface area contributed by atoms with Crippen molar-refractivity contribution in [1.29, 1.82) is 0 Å². The fraction of sp³-hybridized carbons (Fsp3) is 0.500. The lowest BCUT2D eigenvalue weighted by Gasteiger charge is -2.41. The van der Waals surface area contributed by atoms with Crippen LogP contribution in [0.25, 0.3) is 10.9 Å². The Hall–Kier alpha value is -1.75. The van der Waals surface area contributed by atoms with Crippen molar-refractivity contribution in [2.24, 2.45) is 5.73 Å². The number of nitrogens with zero attached hydrogens (tertiary/aromatic N) is 3. The van der Waals surface area contributed by atoms with Gasteiger partial charge >= 0.3 is 6.18 Å². The van der Waals surface area contributed by atoms with Gasteiger partial charge in [-0.1, -0.05) is 23.2 Å². The lowest BCUT2D eigenvalue weighted by atomic mass is 9.96. The SMILES string of the molecule is CCl.C[N+]1(CC2c3[nH]c4ccc(Cl)cc4c3CCN2CCNc2ccc(Cl)c(C(F)(F)F)n2)CCC(N)C1. The summed E-state index contributed by atoms with van der Waals surface area (Å²) in [7, 11) is 2.26. The Bertz CT molecular complexity index is 1270.